The lowest BCUT2D eigenvalue weighted by Crippen LogP contribution is -3.00. The van der Waals surface area contributed by atoms with E-state index in [2.05, 4.69) is 91.9 Å². The average Bonchev–Trinajstić information content (AvgIpc) is 2.71. The van der Waals surface area contributed by atoms with Gasteiger partial charge in [-0.2, -0.15) is 4.57 Å². The molecule has 3 nitrogen and oxygen atoms in total. The fourth-order valence-corrected chi connectivity index (χ4v) is 4.10. The molecule has 30 heavy (non-hydrogen) atoms. The van der Waals surface area contributed by atoms with E-state index >= 15 is 0 Å². The van der Waals surface area contributed by atoms with Crippen molar-refractivity contribution >= 4 is 33.2 Å². The van der Waals surface area contributed by atoms with Crippen LogP contribution in [0.15, 0.2) is 42.5 Å². The highest BCUT2D eigenvalue weighted by Crippen LogP contribution is 2.25. The molecule has 0 aliphatic heterocycles. The van der Waals surface area contributed by atoms with E-state index in [0.717, 1.165) is 6.54 Å². The minimum Gasteiger partial charge on any atom is -1.00 e. The lowest BCUT2D eigenvalue weighted by molar-refractivity contribution is -0.645. The van der Waals surface area contributed by atoms with Gasteiger partial charge in [0.1, 0.15) is 6.54 Å². The van der Waals surface area contributed by atoms with E-state index in [0.29, 0.717) is 0 Å². The van der Waals surface area contributed by atoms with E-state index in [-0.39, 0.29) is 17.0 Å². The van der Waals surface area contributed by atoms with Gasteiger partial charge >= 0.3 is 0 Å². The Hall–Kier alpha value is -1.81. The third-order valence-electron chi connectivity index (χ3n) is 5.94. The third kappa shape index (κ3) is 5.87. The molecular formula is C26H38BrN3. The van der Waals surface area contributed by atoms with E-state index in [4.69, 9.17) is 0 Å². The Morgan fingerprint density at radius 3 is 1.57 bits per heavy atom. The first-order valence-electron chi connectivity index (χ1n) is 11.3. The standard InChI is InChI=1S/C26H38N3.BrH/c1-6-7-8-9-10-11-12-17-29-25-19-23(27(2)3)15-13-21(25)18-22-14-16-24(28(4)5)20-26(22)29;/h13-16,18-20H,6-12,17H2,1-5H3;1H/q+1;/p-1. The van der Waals surface area contributed by atoms with Crippen molar-refractivity contribution in [1.29, 1.82) is 0 Å². The van der Waals surface area contributed by atoms with Crippen LogP contribution < -0.4 is 31.3 Å². The second-order valence-corrected chi connectivity index (χ2v) is 8.69. The summed E-state index contributed by atoms with van der Waals surface area (Å²) < 4.78 is 2.55. The van der Waals surface area contributed by atoms with Gasteiger partial charge in [-0.15, -0.1) is 0 Å². The second-order valence-electron chi connectivity index (χ2n) is 8.69. The van der Waals surface area contributed by atoms with Gasteiger partial charge in [0.15, 0.2) is 0 Å². The zero-order valence-electron chi connectivity index (χ0n) is 19.4. The summed E-state index contributed by atoms with van der Waals surface area (Å²) in [7, 11) is 8.47. The van der Waals surface area contributed by atoms with Crippen LogP contribution in [0.1, 0.15) is 51.9 Å². The fraction of sp³-hybridized carbons (Fsp3) is 0.500. The van der Waals surface area contributed by atoms with E-state index < -0.39 is 0 Å². The first-order chi connectivity index (χ1) is 14.0. The molecule has 0 bridgehead atoms. The number of benzene rings is 2. The average molecular weight is 473 g/mol. The minimum atomic E-state index is 0. The van der Waals surface area contributed by atoms with Gasteiger partial charge < -0.3 is 26.8 Å². The van der Waals surface area contributed by atoms with Crippen molar-refractivity contribution in [3.05, 3.63) is 42.5 Å². The summed E-state index contributed by atoms with van der Waals surface area (Å²) in [5.74, 6) is 0. The molecule has 0 atom stereocenters. The van der Waals surface area contributed by atoms with Crippen molar-refractivity contribution in [3.63, 3.8) is 0 Å². The first-order valence-corrected chi connectivity index (χ1v) is 11.3. The van der Waals surface area contributed by atoms with Gasteiger partial charge in [0, 0.05) is 68.9 Å². The van der Waals surface area contributed by atoms with Gasteiger partial charge in [-0.05, 0) is 36.8 Å². The molecule has 0 saturated heterocycles. The monoisotopic (exact) mass is 471 g/mol. The molecule has 1 heterocycles. The Morgan fingerprint density at radius 1 is 0.633 bits per heavy atom. The van der Waals surface area contributed by atoms with Crippen LogP contribution in [-0.4, -0.2) is 28.2 Å². The molecular weight excluding hydrogens is 434 g/mol. The Kier molecular flexibility index (Phi) is 9.41. The van der Waals surface area contributed by atoms with Crippen LogP contribution in [0.5, 0.6) is 0 Å². The number of unbranched alkanes of at least 4 members (excludes halogenated alkanes) is 6. The van der Waals surface area contributed by atoms with Crippen LogP contribution in [0.3, 0.4) is 0 Å². The quantitative estimate of drug-likeness (QED) is 0.255. The zero-order valence-corrected chi connectivity index (χ0v) is 21.0. The van der Waals surface area contributed by atoms with Crippen LogP contribution in [-0.2, 0) is 6.54 Å². The van der Waals surface area contributed by atoms with Crippen molar-refractivity contribution < 1.29 is 21.5 Å². The van der Waals surface area contributed by atoms with Crippen molar-refractivity contribution in [3.8, 4) is 0 Å². The van der Waals surface area contributed by atoms with Crippen LogP contribution in [0, 0.1) is 0 Å². The van der Waals surface area contributed by atoms with Gasteiger partial charge in [-0.25, -0.2) is 0 Å². The molecule has 0 spiro atoms. The maximum Gasteiger partial charge on any atom is 0.215 e. The molecule has 0 radical (unpaired) electrons. The minimum absolute atomic E-state index is 0. The predicted octanol–water partition coefficient (Wildman–Crippen LogP) is 3.17. The van der Waals surface area contributed by atoms with E-state index in [1.54, 1.807) is 0 Å². The van der Waals surface area contributed by atoms with Gasteiger partial charge in [0.05, 0.1) is 0 Å². The molecule has 0 saturated carbocycles. The largest absolute Gasteiger partial charge is 1.00 e. The molecule has 3 rings (SSSR count). The summed E-state index contributed by atoms with van der Waals surface area (Å²) in [6.45, 7) is 3.36. The normalized spacial score (nSPS) is 11.0. The number of aromatic nitrogens is 1. The molecule has 1 aromatic heterocycles. The summed E-state index contributed by atoms with van der Waals surface area (Å²) in [5, 5.41) is 2.65. The maximum absolute atomic E-state index is 2.55. The first kappa shape index (κ1) is 24.5. The van der Waals surface area contributed by atoms with Crippen molar-refractivity contribution in [2.45, 2.75) is 58.4 Å². The summed E-state index contributed by atoms with van der Waals surface area (Å²) in [6, 6.07) is 16.0. The zero-order chi connectivity index (χ0) is 20.8. The molecule has 2 aromatic carbocycles. The summed E-state index contributed by atoms with van der Waals surface area (Å²) in [6.07, 6.45) is 9.38. The van der Waals surface area contributed by atoms with Crippen LogP contribution in [0.4, 0.5) is 11.4 Å². The number of rotatable bonds is 10. The molecule has 0 unspecified atom stereocenters. The smallest absolute Gasteiger partial charge is 0.215 e. The highest BCUT2D eigenvalue weighted by Gasteiger charge is 2.17. The molecule has 0 aliphatic rings. The predicted molar refractivity (Wildman–Crippen MR) is 128 cm³/mol. The van der Waals surface area contributed by atoms with Gasteiger partial charge in [-0.3, -0.25) is 0 Å². The Balaban J connectivity index is 0.00000320. The van der Waals surface area contributed by atoms with E-state index in [1.165, 1.54) is 78.1 Å². The van der Waals surface area contributed by atoms with E-state index in [1.807, 2.05) is 0 Å². The second kappa shape index (κ2) is 11.5. The molecule has 0 aliphatic carbocycles. The summed E-state index contributed by atoms with van der Waals surface area (Å²) in [4.78, 5) is 4.38. The molecule has 0 fully saturated rings. The Morgan fingerprint density at radius 2 is 1.10 bits per heavy atom. The molecule has 164 valence electrons. The number of hydrogen-bond acceptors (Lipinski definition) is 2. The number of halogens is 1. The van der Waals surface area contributed by atoms with Crippen LogP contribution in [0.25, 0.3) is 21.8 Å². The van der Waals surface area contributed by atoms with Crippen molar-refractivity contribution in [2.75, 3.05) is 38.0 Å². The molecule has 0 N–H and O–H groups in total. The number of anilines is 2. The van der Waals surface area contributed by atoms with Crippen LogP contribution in [0.2, 0.25) is 0 Å². The van der Waals surface area contributed by atoms with Gasteiger partial charge in [0.25, 0.3) is 0 Å². The third-order valence-corrected chi connectivity index (χ3v) is 5.94. The highest BCUT2D eigenvalue weighted by molar-refractivity contribution is 5.91. The number of nitrogens with zero attached hydrogens (tertiary/aromatic N) is 3. The van der Waals surface area contributed by atoms with Gasteiger partial charge in [-0.1, -0.05) is 39.0 Å². The van der Waals surface area contributed by atoms with E-state index in [9.17, 15) is 0 Å². The van der Waals surface area contributed by atoms with Crippen LogP contribution >= 0.6 is 0 Å². The number of hydrogen-bond donors (Lipinski definition) is 0. The lowest BCUT2D eigenvalue weighted by Gasteiger charge is -2.15. The number of fused-ring (bicyclic) bond motifs is 2. The summed E-state index contributed by atoms with van der Waals surface area (Å²) in [5.41, 5.74) is 5.19. The lowest BCUT2D eigenvalue weighted by atomic mass is 10.1. The summed E-state index contributed by atoms with van der Waals surface area (Å²) >= 11 is 0. The molecule has 0 amide bonds. The Labute approximate surface area is 193 Å². The molecule has 3 aromatic rings. The maximum atomic E-state index is 2.55. The highest BCUT2D eigenvalue weighted by atomic mass is 79.9. The number of pyridine rings is 1. The Bertz CT molecular complexity index is 884. The molecule has 4 heteroatoms. The fourth-order valence-electron chi connectivity index (χ4n) is 4.10. The van der Waals surface area contributed by atoms with Gasteiger partial charge in [0.2, 0.25) is 11.0 Å². The number of aryl methyl sites for hydroxylation is 1. The SMILES string of the molecule is CCCCCCCCC[n+]1c2cc(N(C)C)ccc2cc2ccc(N(C)C)cc21.[Br-]. The topological polar surface area (TPSA) is 10.4 Å². The van der Waals surface area contributed by atoms with Crippen molar-refractivity contribution in [2.24, 2.45) is 0 Å². The van der Waals surface area contributed by atoms with Crippen molar-refractivity contribution in [1.82, 2.24) is 0 Å².